The third kappa shape index (κ3) is 4.11. The van der Waals surface area contributed by atoms with Gasteiger partial charge in [0.1, 0.15) is 6.54 Å². The third-order valence-electron chi connectivity index (χ3n) is 2.62. The summed E-state index contributed by atoms with van der Waals surface area (Å²) in [5.74, 6) is -0.795. The van der Waals surface area contributed by atoms with Crippen LogP contribution in [-0.4, -0.2) is 35.7 Å². The molecule has 0 bridgehead atoms. The zero-order valence-corrected chi connectivity index (χ0v) is 11.5. The Morgan fingerprint density at radius 2 is 2.15 bits per heavy atom. The fraction of sp³-hybridized carbons (Fsp3) is 0.462. The minimum Gasteiger partial charge on any atom is -0.487 e. The molecule has 0 amide bonds. The van der Waals surface area contributed by atoms with Crippen LogP contribution >= 0.6 is 0 Å². The highest BCUT2D eigenvalue weighted by atomic mass is 16.6. The molecule has 0 unspecified atom stereocenters. The average molecular weight is 282 g/mol. The second kappa shape index (κ2) is 7.32. The Bertz CT molecular complexity index is 490. The molecule has 0 aliphatic heterocycles. The van der Waals surface area contributed by atoms with Gasteiger partial charge in [0.15, 0.2) is 5.75 Å². The number of nitro groups is 1. The van der Waals surface area contributed by atoms with Gasteiger partial charge in [-0.3, -0.25) is 14.9 Å². The summed E-state index contributed by atoms with van der Waals surface area (Å²) in [6.45, 7) is 4.37. The van der Waals surface area contributed by atoms with E-state index in [0.717, 1.165) is 6.42 Å². The minimum absolute atomic E-state index is 0.123. The van der Waals surface area contributed by atoms with Crippen LogP contribution in [0.4, 0.5) is 11.4 Å². The van der Waals surface area contributed by atoms with E-state index in [-0.39, 0.29) is 18.0 Å². The normalized spacial score (nSPS) is 10.1. The summed E-state index contributed by atoms with van der Waals surface area (Å²) in [6.07, 6.45) is 0.772. The maximum absolute atomic E-state index is 10.9. The fourth-order valence-electron chi connectivity index (χ4n) is 1.85. The average Bonchev–Trinajstić information content (AvgIpc) is 2.37. The van der Waals surface area contributed by atoms with Crippen molar-refractivity contribution < 1.29 is 19.6 Å². The molecule has 110 valence electrons. The van der Waals surface area contributed by atoms with E-state index in [4.69, 9.17) is 9.84 Å². The Labute approximate surface area is 116 Å². The van der Waals surface area contributed by atoms with Gasteiger partial charge < -0.3 is 14.7 Å². The number of nitro benzene ring substituents is 1. The highest BCUT2D eigenvalue weighted by Gasteiger charge is 2.18. The van der Waals surface area contributed by atoms with Gasteiger partial charge in [-0.05, 0) is 19.4 Å². The van der Waals surface area contributed by atoms with Gasteiger partial charge in [-0.15, -0.1) is 0 Å². The van der Waals surface area contributed by atoms with Crippen LogP contribution < -0.4 is 9.64 Å². The Balaban J connectivity index is 3.12. The smallest absolute Gasteiger partial charge is 0.323 e. The molecule has 0 aromatic heterocycles. The lowest BCUT2D eigenvalue weighted by atomic mass is 10.2. The molecular weight excluding hydrogens is 264 g/mol. The van der Waals surface area contributed by atoms with Gasteiger partial charge >= 0.3 is 11.7 Å². The highest BCUT2D eigenvalue weighted by molar-refractivity contribution is 5.74. The summed E-state index contributed by atoms with van der Waals surface area (Å²) in [5.41, 5.74) is 0.477. The predicted octanol–water partition coefficient (Wildman–Crippen LogP) is 2.29. The van der Waals surface area contributed by atoms with E-state index in [1.54, 1.807) is 17.9 Å². The lowest BCUT2D eigenvalue weighted by Crippen LogP contribution is -2.30. The lowest BCUT2D eigenvalue weighted by Gasteiger charge is -2.22. The molecule has 1 aromatic rings. The molecule has 1 N–H and O–H groups in total. The number of carboxylic acid groups (broad SMARTS) is 1. The first kappa shape index (κ1) is 15.7. The predicted molar refractivity (Wildman–Crippen MR) is 74.4 cm³/mol. The van der Waals surface area contributed by atoms with Crippen LogP contribution in [0.15, 0.2) is 18.2 Å². The maximum Gasteiger partial charge on any atom is 0.323 e. The molecule has 1 rings (SSSR count). The lowest BCUT2D eigenvalue weighted by molar-refractivity contribution is -0.385. The molecule has 0 radical (unpaired) electrons. The molecule has 7 heteroatoms. The van der Waals surface area contributed by atoms with Crippen molar-refractivity contribution in [3.8, 4) is 5.75 Å². The second-order valence-corrected chi connectivity index (χ2v) is 4.16. The highest BCUT2D eigenvalue weighted by Crippen LogP contribution is 2.31. The molecule has 20 heavy (non-hydrogen) atoms. The van der Waals surface area contributed by atoms with Gasteiger partial charge in [0.25, 0.3) is 0 Å². The van der Waals surface area contributed by atoms with E-state index in [2.05, 4.69) is 0 Å². The van der Waals surface area contributed by atoms with Crippen LogP contribution in [-0.2, 0) is 4.79 Å². The molecule has 0 heterocycles. The quantitative estimate of drug-likeness (QED) is 0.581. The first-order valence-electron chi connectivity index (χ1n) is 6.37. The summed E-state index contributed by atoms with van der Waals surface area (Å²) >= 11 is 0. The maximum atomic E-state index is 10.9. The Morgan fingerprint density at radius 3 is 2.65 bits per heavy atom. The van der Waals surface area contributed by atoms with Gasteiger partial charge in [0.2, 0.25) is 0 Å². The van der Waals surface area contributed by atoms with Crippen LogP contribution in [0.2, 0.25) is 0 Å². The van der Waals surface area contributed by atoms with Crippen molar-refractivity contribution in [2.24, 2.45) is 0 Å². The topological polar surface area (TPSA) is 92.9 Å². The molecular formula is C13H18N2O5. The van der Waals surface area contributed by atoms with Gasteiger partial charge in [-0.2, -0.15) is 0 Å². The van der Waals surface area contributed by atoms with Crippen LogP contribution in [0.5, 0.6) is 5.75 Å². The van der Waals surface area contributed by atoms with Crippen molar-refractivity contribution in [1.82, 2.24) is 0 Å². The first-order valence-corrected chi connectivity index (χ1v) is 6.37. The van der Waals surface area contributed by atoms with E-state index >= 15 is 0 Å². The SMILES string of the molecule is CCCN(CC(=O)O)c1ccc([N+](=O)[O-])c(OCC)c1. The molecule has 0 aliphatic carbocycles. The van der Waals surface area contributed by atoms with Crippen molar-refractivity contribution in [3.05, 3.63) is 28.3 Å². The summed E-state index contributed by atoms with van der Waals surface area (Å²) in [4.78, 5) is 22.9. The van der Waals surface area contributed by atoms with Gasteiger partial charge in [0.05, 0.1) is 11.5 Å². The summed E-state index contributed by atoms with van der Waals surface area (Å²) in [6, 6.07) is 4.39. The van der Waals surface area contributed by atoms with Crippen molar-refractivity contribution >= 4 is 17.3 Å². The standard InChI is InChI=1S/C13H18N2O5/c1-3-7-14(9-13(16)17)10-5-6-11(15(18)19)12(8-10)20-4-2/h5-6,8H,3-4,7,9H2,1-2H3,(H,16,17). The van der Waals surface area contributed by atoms with Gasteiger partial charge in [0, 0.05) is 24.4 Å². The van der Waals surface area contributed by atoms with Crippen LogP contribution in [0.1, 0.15) is 20.3 Å². The molecule has 1 aromatic carbocycles. The molecule has 0 saturated carbocycles. The summed E-state index contributed by atoms with van der Waals surface area (Å²) in [7, 11) is 0. The second-order valence-electron chi connectivity index (χ2n) is 4.16. The number of benzene rings is 1. The number of nitrogens with zero attached hydrogens (tertiary/aromatic N) is 2. The first-order chi connectivity index (χ1) is 9.49. The number of carbonyl (C=O) groups is 1. The Hall–Kier alpha value is -2.31. The largest absolute Gasteiger partial charge is 0.487 e. The van der Waals surface area contributed by atoms with Crippen LogP contribution in [0.25, 0.3) is 0 Å². The van der Waals surface area contributed by atoms with Crippen LogP contribution in [0.3, 0.4) is 0 Å². The zero-order chi connectivity index (χ0) is 15.1. The molecule has 0 fully saturated rings. The van der Waals surface area contributed by atoms with E-state index in [1.165, 1.54) is 12.1 Å². The Kier molecular flexibility index (Phi) is 5.76. The molecule has 0 saturated heterocycles. The van der Waals surface area contributed by atoms with Crippen LogP contribution in [0, 0.1) is 10.1 Å². The van der Waals surface area contributed by atoms with Crippen molar-refractivity contribution in [3.63, 3.8) is 0 Å². The summed E-state index contributed by atoms with van der Waals surface area (Å²) < 4.78 is 5.26. The monoisotopic (exact) mass is 282 g/mol. The minimum atomic E-state index is -0.949. The number of carboxylic acids is 1. The Morgan fingerprint density at radius 1 is 1.45 bits per heavy atom. The van der Waals surface area contributed by atoms with Crippen molar-refractivity contribution in [2.45, 2.75) is 20.3 Å². The number of aliphatic carboxylic acids is 1. The number of hydrogen-bond acceptors (Lipinski definition) is 5. The summed E-state index contributed by atoms with van der Waals surface area (Å²) in [5, 5.41) is 19.8. The van der Waals surface area contributed by atoms with Crippen molar-refractivity contribution in [1.29, 1.82) is 0 Å². The van der Waals surface area contributed by atoms with Gasteiger partial charge in [-0.25, -0.2) is 0 Å². The molecule has 0 atom stereocenters. The number of rotatable bonds is 8. The zero-order valence-electron chi connectivity index (χ0n) is 11.5. The van der Waals surface area contributed by atoms with E-state index in [0.29, 0.717) is 18.8 Å². The fourth-order valence-corrected chi connectivity index (χ4v) is 1.85. The molecule has 0 spiro atoms. The van der Waals surface area contributed by atoms with E-state index in [1.807, 2.05) is 6.92 Å². The van der Waals surface area contributed by atoms with Gasteiger partial charge in [-0.1, -0.05) is 6.92 Å². The van der Waals surface area contributed by atoms with E-state index in [9.17, 15) is 14.9 Å². The van der Waals surface area contributed by atoms with Crippen molar-refractivity contribution in [2.75, 3.05) is 24.6 Å². The number of ether oxygens (including phenoxy) is 1. The third-order valence-corrected chi connectivity index (χ3v) is 2.62. The molecule has 0 aliphatic rings. The number of hydrogen-bond donors (Lipinski definition) is 1. The van der Waals surface area contributed by atoms with E-state index < -0.39 is 10.9 Å². The molecule has 7 nitrogen and oxygen atoms in total. The number of anilines is 1.